The van der Waals surface area contributed by atoms with Crippen molar-refractivity contribution in [3.63, 3.8) is 0 Å². The van der Waals surface area contributed by atoms with Gasteiger partial charge in [0.2, 0.25) is 0 Å². The van der Waals surface area contributed by atoms with Gasteiger partial charge in [-0.25, -0.2) is 4.79 Å². The van der Waals surface area contributed by atoms with Crippen molar-refractivity contribution in [2.45, 2.75) is 4.90 Å². The van der Waals surface area contributed by atoms with E-state index in [0.29, 0.717) is 4.90 Å². The molecule has 0 atom stereocenters. The van der Waals surface area contributed by atoms with Gasteiger partial charge in [0, 0.05) is 17.0 Å². The number of rotatable bonds is 5. The summed E-state index contributed by atoms with van der Waals surface area (Å²) in [5.41, 5.74) is 0.757. The molecule has 5 nitrogen and oxygen atoms in total. The predicted octanol–water partition coefficient (Wildman–Crippen LogP) is 3.81. The van der Waals surface area contributed by atoms with E-state index in [1.54, 1.807) is 18.2 Å². The third kappa shape index (κ3) is 4.19. The number of aliphatic carboxylic acids is 1. The Balaban J connectivity index is 2.23. The van der Waals surface area contributed by atoms with Crippen LogP contribution in [-0.2, 0) is 4.79 Å². The zero-order valence-corrected chi connectivity index (χ0v) is 11.6. The Morgan fingerprint density at radius 2 is 1.71 bits per heavy atom. The number of carboxylic acid groups (broad SMARTS) is 1. The number of carbonyl (C=O) groups is 1. The zero-order chi connectivity index (χ0) is 15.2. The second-order valence-electron chi connectivity index (χ2n) is 4.08. The highest BCUT2D eigenvalue weighted by Gasteiger charge is 2.11. The summed E-state index contributed by atoms with van der Waals surface area (Å²) in [5, 5.41) is 19.8. The summed E-state index contributed by atoms with van der Waals surface area (Å²) in [7, 11) is 0. The number of benzene rings is 2. The van der Waals surface area contributed by atoms with Crippen LogP contribution in [0.25, 0.3) is 6.08 Å². The molecule has 1 N–H and O–H groups in total. The molecule has 0 aromatic heterocycles. The topological polar surface area (TPSA) is 80.4 Å². The number of non-ortho nitro benzene ring substituents is 1. The van der Waals surface area contributed by atoms with E-state index in [-0.39, 0.29) is 10.6 Å². The maximum Gasteiger partial charge on any atom is 0.342 e. The van der Waals surface area contributed by atoms with Crippen LogP contribution in [0.1, 0.15) is 5.56 Å². The largest absolute Gasteiger partial charge is 0.477 e. The number of hydrogen-bond donors (Lipinski definition) is 1. The molecule has 0 aliphatic rings. The van der Waals surface area contributed by atoms with Gasteiger partial charge in [0.05, 0.1) is 9.83 Å². The fraction of sp³-hybridized carbons (Fsp3) is 0. The van der Waals surface area contributed by atoms with Gasteiger partial charge in [0.15, 0.2) is 0 Å². The summed E-state index contributed by atoms with van der Waals surface area (Å²) in [6, 6.07) is 14.9. The molecule has 0 fully saturated rings. The molecular formula is C15H11NO4S. The summed E-state index contributed by atoms with van der Waals surface area (Å²) in [4.78, 5) is 22.1. The second-order valence-corrected chi connectivity index (χ2v) is 5.19. The minimum atomic E-state index is -1.04. The molecule has 2 aromatic rings. The fourth-order valence-electron chi connectivity index (χ4n) is 1.60. The summed E-state index contributed by atoms with van der Waals surface area (Å²) >= 11 is 1.05. The van der Waals surface area contributed by atoms with Crippen molar-refractivity contribution >= 4 is 29.5 Å². The van der Waals surface area contributed by atoms with Gasteiger partial charge in [-0.15, -0.1) is 0 Å². The lowest BCUT2D eigenvalue weighted by molar-refractivity contribution is -0.384. The Kier molecular flexibility index (Phi) is 4.73. The van der Waals surface area contributed by atoms with Crippen LogP contribution in [0.2, 0.25) is 0 Å². The molecule has 0 amide bonds. The van der Waals surface area contributed by atoms with Crippen molar-refractivity contribution in [3.8, 4) is 0 Å². The van der Waals surface area contributed by atoms with Gasteiger partial charge in [-0.1, -0.05) is 42.1 Å². The lowest BCUT2D eigenvalue weighted by Gasteiger charge is -2.03. The first kappa shape index (κ1) is 14.8. The highest BCUT2D eigenvalue weighted by Crippen LogP contribution is 2.29. The fourth-order valence-corrected chi connectivity index (χ4v) is 2.41. The minimum Gasteiger partial charge on any atom is -0.477 e. The van der Waals surface area contributed by atoms with Crippen molar-refractivity contribution in [1.29, 1.82) is 0 Å². The molecule has 0 unspecified atom stereocenters. The molecule has 2 rings (SSSR count). The summed E-state index contributed by atoms with van der Waals surface area (Å²) in [6.07, 6.45) is 1.56. The Hall–Kier alpha value is -2.60. The highest BCUT2D eigenvalue weighted by molar-refractivity contribution is 8.04. The summed E-state index contributed by atoms with van der Waals surface area (Å²) < 4.78 is 0. The Morgan fingerprint density at radius 1 is 1.10 bits per heavy atom. The molecule has 0 heterocycles. The SMILES string of the molecule is O=C(O)/C(=C\c1ccccc1)Sc1ccc([N+](=O)[O-])cc1. The number of nitrogens with zero attached hydrogens (tertiary/aromatic N) is 1. The van der Waals surface area contributed by atoms with Crippen molar-refractivity contribution in [2.75, 3.05) is 0 Å². The maximum atomic E-state index is 11.3. The smallest absolute Gasteiger partial charge is 0.342 e. The van der Waals surface area contributed by atoms with Gasteiger partial charge >= 0.3 is 5.97 Å². The van der Waals surface area contributed by atoms with Crippen LogP contribution < -0.4 is 0 Å². The first-order valence-corrected chi connectivity index (χ1v) is 6.80. The molecule has 21 heavy (non-hydrogen) atoms. The molecular weight excluding hydrogens is 290 g/mol. The number of nitro benzene ring substituents is 1. The van der Waals surface area contributed by atoms with Gasteiger partial charge < -0.3 is 5.11 Å². The zero-order valence-electron chi connectivity index (χ0n) is 10.8. The van der Waals surface area contributed by atoms with Crippen LogP contribution in [-0.4, -0.2) is 16.0 Å². The third-order valence-corrected chi connectivity index (χ3v) is 3.60. The second kappa shape index (κ2) is 6.71. The molecule has 0 bridgehead atoms. The van der Waals surface area contributed by atoms with Gasteiger partial charge in [-0.3, -0.25) is 10.1 Å². The van der Waals surface area contributed by atoms with E-state index in [1.165, 1.54) is 24.3 Å². The quantitative estimate of drug-likeness (QED) is 0.393. The van der Waals surface area contributed by atoms with Gasteiger partial charge in [0.25, 0.3) is 5.69 Å². The van der Waals surface area contributed by atoms with E-state index in [4.69, 9.17) is 0 Å². The van der Waals surface area contributed by atoms with Gasteiger partial charge in [0.1, 0.15) is 0 Å². The highest BCUT2D eigenvalue weighted by atomic mass is 32.2. The van der Waals surface area contributed by atoms with Gasteiger partial charge in [-0.2, -0.15) is 0 Å². The van der Waals surface area contributed by atoms with Crippen LogP contribution >= 0.6 is 11.8 Å². The van der Waals surface area contributed by atoms with E-state index in [9.17, 15) is 20.0 Å². The van der Waals surface area contributed by atoms with Crippen molar-refractivity contribution in [3.05, 3.63) is 75.2 Å². The molecule has 0 radical (unpaired) electrons. The molecule has 0 saturated carbocycles. The maximum absolute atomic E-state index is 11.3. The van der Waals surface area contributed by atoms with Crippen LogP contribution in [0.5, 0.6) is 0 Å². The summed E-state index contributed by atoms with van der Waals surface area (Å²) in [6.45, 7) is 0. The molecule has 0 aliphatic carbocycles. The van der Waals surface area contributed by atoms with E-state index in [1.807, 2.05) is 18.2 Å². The van der Waals surface area contributed by atoms with Gasteiger partial charge in [-0.05, 0) is 23.8 Å². The van der Waals surface area contributed by atoms with Crippen molar-refractivity contribution < 1.29 is 14.8 Å². The number of hydrogen-bond acceptors (Lipinski definition) is 4. The monoisotopic (exact) mass is 301 g/mol. The number of carboxylic acids is 1. The lowest BCUT2D eigenvalue weighted by atomic mass is 10.2. The first-order valence-electron chi connectivity index (χ1n) is 5.98. The summed E-state index contributed by atoms with van der Waals surface area (Å²) in [5.74, 6) is -1.04. The standard InChI is InChI=1S/C15H11NO4S/c17-15(18)14(10-11-4-2-1-3-5-11)21-13-8-6-12(7-9-13)16(19)20/h1-10H,(H,17,18)/b14-10+. The molecule has 0 spiro atoms. The van der Waals surface area contributed by atoms with Crippen LogP contribution in [0.4, 0.5) is 5.69 Å². The van der Waals surface area contributed by atoms with Crippen LogP contribution in [0, 0.1) is 10.1 Å². The number of thioether (sulfide) groups is 1. The van der Waals surface area contributed by atoms with Crippen LogP contribution in [0.15, 0.2) is 64.4 Å². The van der Waals surface area contributed by atoms with E-state index in [2.05, 4.69) is 0 Å². The number of nitro groups is 1. The first-order chi connectivity index (χ1) is 10.1. The van der Waals surface area contributed by atoms with E-state index >= 15 is 0 Å². The lowest BCUT2D eigenvalue weighted by Crippen LogP contribution is -1.96. The van der Waals surface area contributed by atoms with E-state index in [0.717, 1.165) is 17.3 Å². The molecule has 6 heteroatoms. The van der Waals surface area contributed by atoms with Crippen molar-refractivity contribution in [2.24, 2.45) is 0 Å². The minimum absolute atomic E-state index is 0.0248. The normalized spacial score (nSPS) is 11.1. The molecule has 106 valence electrons. The Labute approximate surface area is 125 Å². The van der Waals surface area contributed by atoms with Crippen LogP contribution in [0.3, 0.4) is 0 Å². The predicted molar refractivity (Wildman–Crippen MR) is 81.0 cm³/mol. The average Bonchev–Trinajstić information content (AvgIpc) is 2.48. The molecule has 0 aliphatic heterocycles. The molecule has 0 saturated heterocycles. The Morgan fingerprint density at radius 3 is 2.24 bits per heavy atom. The van der Waals surface area contributed by atoms with E-state index < -0.39 is 10.9 Å². The molecule has 2 aromatic carbocycles. The average molecular weight is 301 g/mol. The van der Waals surface area contributed by atoms with Crippen molar-refractivity contribution in [1.82, 2.24) is 0 Å². The Bertz CT molecular complexity index is 681. The third-order valence-electron chi connectivity index (χ3n) is 2.58.